The first-order valence-electron chi connectivity index (χ1n) is 4.27. The van der Waals surface area contributed by atoms with Gasteiger partial charge in [-0.1, -0.05) is 36.8 Å². The highest BCUT2D eigenvalue weighted by Gasteiger charge is 2.20. The summed E-state index contributed by atoms with van der Waals surface area (Å²) in [6.45, 7) is 4.25. The first-order chi connectivity index (χ1) is 5.72. The van der Waals surface area contributed by atoms with Crippen LogP contribution in [0.5, 0.6) is 0 Å². The SMILES string of the molecule is [B]C1=C(C)c2ccccc2C1C. The van der Waals surface area contributed by atoms with Crippen molar-refractivity contribution in [3.05, 3.63) is 40.9 Å². The monoisotopic (exact) mass is 154 g/mol. The van der Waals surface area contributed by atoms with Crippen LogP contribution in [0.3, 0.4) is 0 Å². The van der Waals surface area contributed by atoms with Crippen molar-refractivity contribution in [1.82, 2.24) is 0 Å². The van der Waals surface area contributed by atoms with E-state index >= 15 is 0 Å². The zero-order chi connectivity index (χ0) is 8.72. The number of rotatable bonds is 0. The van der Waals surface area contributed by atoms with Gasteiger partial charge in [-0.15, -0.1) is 5.47 Å². The van der Waals surface area contributed by atoms with E-state index in [2.05, 4.69) is 38.1 Å². The van der Waals surface area contributed by atoms with Crippen LogP contribution >= 0.6 is 0 Å². The maximum atomic E-state index is 5.95. The van der Waals surface area contributed by atoms with Gasteiger partial charge in [0.2, 0.25) is 0 Å². The zero-order valence-electron chi connectivity index (χ0n) is 7.46. The van der Waals surface area contributed by atoms with E-state index in [4.69, 9.17) is 7.85 Å². The summed E-state index contributed by atoms with van der Waals surface area (Å²) in [6.07, 6.45) is 0. The predicted molar refractivity (Wildman–Crippen MR) is 53.2 cm³/mol. The Morgan fingerprint density at radius 2 is 1.92 bits per heavy atom. The van der Waals surface area contributed by atoms with E-state index in [1.165, 1.54) is 16.7 Å². The quantitative estimate of drug-likeness (QED) is 0.504. The predicted octanol–water partition coefficient (Wildman–Crippen LogP) is 2.70. The molecule has 58 valence electrons. The first kappa shape index (κ1) is 7.66. The molecular weight excluding hydrogens is 143 g/mol. The van der Waals surface area contributed by atoms with E-state index < -0.39 is 0 Å². The molecule has 0 N–H and O–H groups in total. The van der Waals surface area contributed by atoms with Crippen LogP contribution in [0.4, 0.5) is 0 Å². The lowest BCUT2D eigenvalue weighted by Gasteiger charge is -2.05. The largest absolute Gasteiger partial charge is 0.109 e. The van der Waals surface area contributed by atoms with Gasteiger partial charge >= 0.3 is 0 Å². The number of allylic oxidation sites excluding steroid dienone is 2. The van der Waals surface area contributed by atoms with E-state index in [0.717, 1.165) is 5.47 Å². The summed E-state index contributed by atoms with van der Waals surface area (Å²) in [5.74, 6) is 0.404. The summed E-state index contributed by atoms with van der Waals surface area (Å²) in [4.78, 5) is 0. The smallest absolute Gasteiger partial charge is 0.107 e. The third kappa shape index (κ3) is 0.858. The molecule has 0 nitrogen and oxygen atoms in total. The summed E-state index contributed by atoms with van der Waals surface area (Å²) in [7, 11) is 5.95. The average Bonchev–Trinajstić information content (AvgIpc) is 2.33. The molecule has 0 heterocycles. The molecule has 0 fully saturated rings. The van der Waals surface area contributed by atoms with Gasteiger partial charge in [-0.3, -0.25) is 0 Å². The summed E-state index contributed by atoms with van der Waals surface area (Å²) >= 11 is 0. The van der Waals surface area contributed by atoms with Crippen molar-refractivity contribution in [3.63, 3.8) is 0 Å². The maximum Gasteiger partial charge on any atom is 0.109 e. The fourth-order valence-corrected chi connectivity index (χ4v) is 1.86. The Bertz CT molecular complexity index is 350. The molecule has 1 unspecified atom stereocenters. The summed E-state index contributed by atoms with van der Waals surface area (Å²) in [5, 5.41) is 0. The molecular formula is C11H11B. The van der Waals surface area contributed by atoms with Crippen molar-refractivity contribution in [1.29, 1.82) is 0 Å². The van der Waals surface area contributed by atoms with Crippen molar-refractivity contribution in [3.8, 4) is 0 Å². The molecule has 0 spiro atoms. The minimum atomic E-state index is 0.404. The van der Waals surface area contributed by atoms with Crippen LogP contribution in [0.2, 0.25) is 0 Å². The van der Waals surface area contributed by atoms with Crippen molar-refractivity contribution >= 4 is 13.4 Å². The van der Waals surface area contributed by atoms with Gasteiger partial charge in [0.05, 0.1) is 0 Å². The highest BCUT2D eigenvalue weighted by atomic mass is 14.2. The van der Waals surface area contributed by atoms with Crippen LogP contribution < -0.4 is 0 Å². The second-order valence-electron chi connectivity index (χ2n) is 3.39. The molecule has 0 amide bonds. The fourth-order valence-electron chi connectivity index (χ4n) is 1.86. The van der Waals surface area contributed by atoms with Crippen molar-refractivity contribution < 1.29 is 0 Å². The van der Waals surface area contributed by atoms with E-state index in [9.17, 15) is 0 Å². The second kappa shape index (κ2) is 2.51. The van der Waals surface area contributed by atoms with Crippen LogP contribution in [0.15, 0.2) is 29.7 Å². The van der Waals surface area contributed by atoms with Crippen LogP contribution in [0.1, 0.15) is 30.9 Å². The number of benzene rings is 1. The van der Waals surface area contributed by atoms with Gasteiger partial charge < -0.3 is 0 Å². The van der Waals surface area contributed by atoms with Gasteiger partial charge in [0, 0.05) is 0 Å². The lowest BCUT2D eigenvalue weighted by atomic mass is 9.84. The molecule has 12 heavy (non-hydrogen) atoms. The Kier molecular flexibility index (Phi) is 1.60. The van der Waals surface area contributed by atoms with Crippen molar-refractivity contribution in [2.45, 2.75) is 19.8 Å². The number of hydrogen-bond acceptors (Lipinski definition) is 0. The van der Waals surface area contributed by atoms with Crippen LogP contribution in [-0.4, -0.2) is 7.85 Å². The number of hydrogen-bond donors (Lipinski definition) is 0. The summed E-state index contributed by atoms with van der Waals surface area (Å²) < 4.78 is 0. The van der Waals surface area contributed by atoms with E-state index in [1.807, 2.05) is 0 Å². The molecule has 1 heteroatoms. The molecule has 2 rings (SSSR count). The molecule has 2 radical (unpaired) electrons. The molecule has 0 bridgehead atoms. The average molecular weight is 154 g/mol. The molecule has 0 aliphatic heterocycles. The zero-order valence-corrected chi connectivity index (χ0v) is 7.46. The molecule has 1 aliphatic rings. The molecule has 0 saturated heterocycles. The fraction of sp³-hybridized carbons (Fsp3) is 0.273. The van der Waals surface area contributed by atoms with Crippen LogP contribution in [0, 0.1) is 0 Å². The lowest BCUT2D eigenvalue weighted by Crippen LogP contribution is -1.91. The maximum absolute atomic E-state index is 5.95. The van der Waals surface area contributed by atoms with Crippen molar-refractivity contribution in [2.24, 2.45) is 0 Å². The molecule has 1 atom stereocenters. The molecule has 0 saturated carbocycles. The lowest BCUT2D eigenvalue weighted by molar-refractivity contribution is 0.971. The Morgan fingerprint density at radius 1 is 1.25 bits per heavy atom. The van der Waals surface area contributed by atoms with E-state index in [1.54, 1.807) is 0 Å². The summed E-state index contributed by atoms with van der Waals surface area (Å²) in [6, 6.07) is 8.43. The van der Waals surface area contributed by atoms with Gasteiger partial charge in [-0.2, -0.15) is 0 Å². The minimum absolute atomic E-state index is 0.404. The van der Waals surface area contributed by atoms with Gasteiger partial charge in [-0.05, 0) is 24.0 Å². The van der Waals surface area contributed by atoms with E-state index in [-0.39, 0.29) is 0 Å². The van der Waals surface area contributed by atoms with Gasteiger partial charge in [-0.25, -0.2) is 0 Å². The van der Waals surface area contributed by atoms with Gasteiger partial charge in [0.1, 0.15) is 7.85 Å². The van der Waals surface area contributed by atoms with E-state index in [0.29, 0.717) is 5.92 Å². The van der Waals surface area contributed by atoms with Gasteiger partial charge in [0.25, 0.3) is 0 Å². The summed E-state index contributed by atoms with van der Waals surface area (Å²) in [5.41, 5.74) is 4.96. The number of fused-ring (bicyclic) bond motifs is 1. The Labute approximate surface area is 74.7 Å². The van der Waals surface area contributed by atoms with Crippen LogP contribution in [-0.2, 0) is 0 Å². The second-order valence-corrected chi connectivity index (χ2v) is 3.39. The molecule has 1 aromatic rings. The highest BCUT2D eigenvalue weighted by molar-refractivity contribution is 6.27. The van der Waals surface area contributed by atoms with Crippen LogP contribution in [0.25, 0.3) is 5.57 Å². The normalized spacial score (nSPS) is 21.3. The Hall–Kier alpha value is -0.975. The Balaban J connectivity index is 2.65. The molecule has 0 aromatic heterocycles. The Morgan fingerprint density at radius 3 is 2.58 bits per heavy atom. The molecule has 1 aliphatic carbocycles. The molecule has 1 aromatic carbocycles. The van der Waals surface area contributed by atoms with Gasteiger partial charge in [0.15, 0.2) is 0 Å². The third-order valence-corrected chi connectivity index (χ3v) is 2.73. The highest BCUT2D eigenvalue weighted by Crippen LogP contribution is 2.39. The minimum Gasteiger partial charge on any atom is -0.107 e. The van der Waals surface area contributed by atoms with Crippen molar-refractivity contribution in [2.75, 3.05) is 0 Å². The standard InChI is InChI=1S/C11H11B/c1-7-9-5-3-4-6-10(9)8(2)11(7)12/h3-7H,1-2H3. The third-order valence-electron chi connectivity index (χ3n) is 2.73. The first-order valence-corrected chi connectivity index (χ1v) is 4.27. The topological polar surface area (TPSA) is 0 Å².